The van der Waals surface area contributed by atoms with E-state index in [0.717, 1.165) is 58.4 Å². The van der Waals surface area contributed by atoms with Crippen molar-refractivity contribution in [2.24, 2.45) is 23.3 Å². The highest BCUT2D eigenvalue weighted by Gasteiger charge is 2.36. The molecular weight excluding hydrogens is 655 g/mol. The van der Waals surface area contributed by atoms with Crippen molar-refractivity contribution in [2.45, 2.75) is 187 Å². The molecule has 0 aromatic carbocycles. The van der Waals surface area contributed by atoms with Crippen molar-refractivity contribution in [1.82, 2.24) is 4.90 Å². The Morgan fingerprint density at radius 2 is 0.943 bits per heavy atom. The van der Waals surface area contributed by atoms with E-state index in [0.29, 0.717) is 38.0 Å². The van der Waals surface area contributed by atoms with Gasteiger partial charge < -0.3 is 25.8 Å². The monoisotopic (exact) mass is 742 g/mol. The molecule has 53 heavy (non-hydrogen) atoms. The highest BCUT2D eigenvalue weighted by molar-refractivity contribution is 5.81. The number of nitrogens with two attached hydrogens (primary N) is 2. The summed E-state index contributed by atoms with van der Waals surface area (Å²) in [6, 6.07) is -0.462. The van der Waals surface area contributed by atoms with Crippen molar-refractivity contribution >= 4 is 5.91 Å². The molecule has 1 unspecified atom stereocenters. The van der Waals surface area contributed by atoms with Gasteiger partial charge in [0.1, 0.15) is 0 Å². The second-order valence-corrected chi connectivity index (χ2v) is 15.6. The quantitative estimate of drug-likeness (QED) is 0.0486. The van der Waals surface area contributed by atoms with Crippen molar-refractivity contribution in [2.75, 3.05) is 46.1 Å². The molecule has 0 bridgehead atoms. The van der Waals surface area contributed by atoms with Crippen LogP contribution in [0.4, 0.5) is 0 Å². The Hall–Kier alpha value is -1.73. The van der Waals surface area contributed by atoms with Gasteiger partial charge in [0.05, 0.1) is 19.3 Å². The summed E-state index contributed by atoms with van der Waals surface area (Å²) in [7, 11) is 0. The van der Waals surface area contributed by atoms with Crippen LogP contribution < -0.4 is 11.5 Å². The van der Waals surface area contributed by atoms with Crippen molar-refractivity contribution in [3.63, 3.8) is 0 Å². The first-order valence-corrected chi connectivity index (χ1v) is 22.6. The first kappa shape index (κ1) is 49.3. The molecule has 0 spiro atoms. The number of nitrogens with zero attached hydrogens (tertiary/aromatic N) is 1. The van der Waals surface area contributed by atoms with Crippen LogP contribution in [0.3, 0.4) is 0 Å². The summed E-state index contributed by atoms with van der Waals surface area (Å²) in [5, 5.41) is 0. The largest absolute Gasteiger partial charge is 0.381 e. The maximum absolute atomic E-state index is 13.1. The van der Waals surface area contributed by atoms with Gasteiger partial charge in [0.15, 0.2) is 0 Å². The summed E-state index contributed by atoms with van der Waals surface area (Å²) >= 11 is 0. The number of likely N-dealkylation sites (tertiary alicyclic amines) is 1. The standard InChI is InChI=1S/C47H87N3O3/c1-3-5-7-9-11-13-15-17-19-21-23-25-27-29-31-33-38-52-42-44-40-50(47(51)46(49)36-35-37-48)41-45(44)43-53-39-34-32-30-28-26-24-22-20-18-16-14-12-10-8-6-4-2/h11-14,17-20,44-46H,3-10,15-16,21-43,48-49H2,1-2H3/t44-,45?,46-/m0/s1. The van der Waals surface area contributed by atoms with Gasteiger partial charge in [0, 0.05) is 38.1 Å². The normalized spacial score (nSPS) is 17.2. The van der Waals surface area contributed by atoms with Gasteiger partial charge in [-0.3, -0.25) is 4.79 Å². The van der Waals surface area contributed by atoms with Crippen LogP contribution >= 0.6 is 0 Å². The Morgan fingerprint density at radius 1 is 0.566 bits per heavy atom. The summed E-state index contributed by atoms with van der Waals surface area (Å²) in [5.41, 5.74) is 11.9. The number of allylic oxidation sites excluding steroid dienone is 8. The molecule has 0 aromatic heterocycles. The number of hydrogen-bond donors (Lipinski definition) is 2. The minimum atomic E-state index is -0.462. The minimum absolute atomic E-state index is 0.0567. The number of amides is 1. The summed E-state index contributed by atoms with van der Waals surface area (Å²) in [6.07, 6.45) is 50.1. The van der Waals surface area contributed by atoms with E-state index in [1.165, 1.54) is 128 Å². The zero-order valence-electron chi connectivity index (χ0n) is 35.0. The Balaban J connectivity index is 2.18. The predicted octanol–water partition coefficient (Wildman–Crippen LogP) is 11.8. The molecule has 6 nitrogen and oxygen atoms in total. The smallest absolute Gasteiger partial charge is 0.239 e. The van der Waals surface area contributed by atoms with Gasteiger partial charge in [-0.15, -0.1) is 0 Å². The van der Waals surface area contributed by atoms with E-state index >= 15 is 0 Å². The lowest BCUT2D eigenvalue weighted by Gasteiger charge is -2.21. The molecule has 1 rings (SSSR count). The maximum Gasteiger partial charge on any atom is 0.239 e. The Bertz CT molecular complexity index is 857. The number of carbonyl (C=O) groups is 1. The van der Waals surface area contributed by atoms with Gasteiger partial charge in [0.25, 0.3) is 0 Å². The molecule has 0 radical (unpaired) electrons. The molecule has 0 saturated carbocycles. The Kier molecular flexibility index (Phi) is 35.8. The van der Waals surface area contributed by atoms with Crippen molar-refractivity contribution in [3.05, 3.63) is 48.6 Å². The third kappa shape index (κ3) is 30.2. The zero-order valence-corrected chi connectivity index (χ0v) is 35.0. The molecule has 4 N–H and O–H groups in total. The summed E-state index contributed by atoms with van der Waals surface area (Å²) in [5.74, 6) is 0.670. The lowest BCUT2D eigenvalue weighted by atomic mass is 9.98. The van der Waals surface area contributed by atoms with Gasteiger partial charge in [-0.1, -0.05) is 140 Å². The Morgan fingerprint density at radius 3 is 1.34 bits per heavy atom. The maximum atomic E-state index is 13.1. The molecule has 1 amide bonds. The van der Waals surface area contributed by atoms with E-state index in [2.05, 4.69) is 62.5 Å². The number of rotatable bonds is 38. The summed E-state index contributed by atoms with van der Waals surface area (Å²) in [4.78, 5) is 15.1. The van der Waals surface area contributed by atoms with Crippen molar-refractivity contribution in [3.8, 4) is 0 Å². The molecule has 1 heterocycles. The van der Waals surface area contributed by atoms with Crippen LogP contribution in [0.25, 0.3) is 0 Å². The molecule has 6 heteroatoms. The topological polar surface area (TPSA) is 90.8 Å². The lowest BCUT2D eigenvalue weighted by molar-refractivity contribution is -0.132. The van der Waals surface area contributed by atoms with Crippen LogP contribution in [0.1, 0.15) is 181 Å². The Labute approximate surface area is 329 Å². The van der Waals surface area contributed by atoms with Crippen LogP contribution in [0.15, 0.2) is 48.6 Å². The van der Waals surface area contributed by atoms with Crippen LogP contribution in [-0.4, -0.2) is 62.9 Å². The molecule has 1 saturated heterocycles. The van der Waals surface area contributed by atoms with E-state index in [4.69, 9.17) is 20.9 Å². The molecular formula is C47H87N3O3. The summed E-state index contributed by atoms with van der Waals surface area (Å²) in [6.45, 7) is 9.52. The van der Waals surface area contributed by atoms with E-state index in [9.17, 15) is 4.79 Å². The van der Waals surface area contributed by atoms with Crippen LogP contribution in [-0.2, 0) is 14.3 Å². The fourth-order valence-corrected chi connectivity index (χ4v) is 7.05. The third-order valence-corrected chi connectivity index (χ3v) is 10.6. The number of carbonyl (C=O) groups excluding carboxylic acids is 1. The highest BCUT2D eigenvalue weighted by Crippen LogP contribution is 2.26. The predicted molar refractivity (Wildman–Crippen MR) is 230 cm³/mol. The average molecular weight is 742 g/mol. The van der Waals surface area contributed by atoms with Crippen molar-refractivity contribution in [1.29, 1.82) is 0 Å². The lowest BCUT2D eigenvalue weighted by Crippen LogP contribution is -2.43. The minimum Gasteiger partial charge on any atom is -0.381 e. The third-order valence-electron chi connectivity index (χ3n) is 10.6. The molecule has 1 fully saturated rings. The van der Waals surface area contributed by atoms with E-state index in [1.807, 2.05) is 4.90 Å². The molecule has 3 atom stereocenters. The SMILES string of the molecule is CCCCCC=CCC=CCCCCCCCCOCC1CN(C(=O)[C@@H](N)CCCN)C[C@H]1COCCCCCCCCC=CCC=CCCCCC. The van der Waals surface area contributed by atoms with Crippen LogP contribution in [0.2, 0.25) is 0 Å². The fraction of sp³-hybridized carbons (Fsp3) is 0.809. The number of unbranched alkanes of at least 4 members (excludes halogenated alkanes) is 18. The van der Waals surface area contributed by atoms with Crippen LogP contribution in [0.5, 0.6) is 0 Å². The number of ether oxygens (including phenoxy) is 2. The van der Waals surface area contributed by atoms with Gasteiger partial charge in [-0.2, -0.15) is 0 Å². The second kappa shape index (κ2) is 38.5. The highest BCUT2D eigenvalue weighted by atomic mass is 16.5. The van der Waals surface area contributed by atoms with Gasteiger partial charge in [-0.25, -0.2) is 0 Å². The molecule has 0 aromatic rings. The fourth-order valence-electron chi connectivity index (χ4n) is 7.05. The van der Waals surface area contributed by atoms with E-state index in [1.54, 1.807) is 0 Å². The van der Waals surface area contributed by atoms with E-state index < -0.39 is 6.04 Å². The number of hydrogen-bond acceptors (Lipinski definition) is 5. The second-order valence-electron chi connectivity index (χ2n) is 15.6. The first-order chi connectivity index (χ1) is 26.1. The van der Waals surface area contributed by atoms with Gasteiger partial charge >= 0.3 is 0 Å². The zero-order chi connectivity index (χ0) is 38.3. The molecule has 1 aliphatic heterocycles. The van der Waals surface area contributed by atoms with Gasteiger partial charge in [-0.05, 0) is 96.4 Å². The van der Waals surface area contributed by atoms with Crippen LogP contribution in [0, 0.1) is 11.8 Å². The molecule has 0 aliphatic carbocycles. The van der Waals surface area contributed by atoms with Gasteiger partial charge in [0.2, 0.25) is 5.91 Å². The molecule has 1 aliphatic rings. The van der Waals surface area contributed by atoms with E-state index in [-0.39, 0.29) is 5.91 Å². The van der Waals surface area contributed by atoms with Crippen molar-refractivity contribution < 1.29 is 14.3 Å². The molecule has 308 valence electrons. The average Bonchev–Trinajstić information content (AvgIpc) is 3.58. The summed E-state index contributed by atoms with van der Waals surface area (Å²) < 4.78 is 12.4. The first-order valence-electron chi connectivity index (χ1n) is 22.6.